The number of nitrogens with zero attached hydrogens (tertiary/aromatic N) is 3. The highest BCUT2D eigenvalue weighted by Crippen LogP contribution is 2.37. The molecule has 0 spiro atoms. The molecule has 0 amide bonds. The van der Waals surface area contributed by atoms with E-state index in [-0.39, 0.29) is 17.7 Å². The van der Waals surface area contributed by atoms with Crippen molar-refractivity contribution in [2.75, 3.05) is 38.8 Å². The summed E-state index contributed by atoms with van der Waals surface area (Å²) in [6.07, 6.45) is 1.71. The number of anilines is 1. The molecular formula is C27H31N3O6S. The number of methoxy groups -OCH3 is 2. The predicted molar refractivity (Wildman–Crippen MR) is 142 cm³/mol. The van der Waals surface area contributed by atoms with Crippen LogP contribution in [0.3, 0.4) is 0 Å². The van der Waals surface area contributed by atoms with Crippen LogP contribution in [0, 0.1) is 0 Å². The Hall–Kier alpha value is -3.79. The van der Waals surface area contributed by atoms with Gasteiger partial charge in [0, 0.05) is 36.9 Å². The summed E-state index contributed by atoms with van der Waals surface area (Å²) in [5, 5.41) is 0. The minimum absolute atomic E-state index is 0.194. The first-order chi connectivity index (χ1) is 17.9. The van der Waals surface area contributed by atoms with Crippen molar-refractivity contribution in [3.63, 3.8) is 0 Å². The van der Waals surface area contributed by atoms with Crippen molar-refractivity contribution in [1.29, 1.82) is 0 Å². The van der Waals surface area contributed by atoms with E-state index in [0.717, 1.165) is 19.0 Å². The normalized spacial score (nSPS) is 15.3. The van der Waals surface area contributed by atoms with Crippen molar-refractivity contribution in [3.8, 4) is 11.5 Å². The average Bonchev–Trinajstić information content (AvgIpc) is 3.48. The number of ether oxygens (including phenoxy) is 3. The maximum atomic E-state index is 13.8. The fourth-order valence-electron chi connectivity index (χ4n) is 4.38. The van der Waals surface area contributed by atoms with E-state index >= 15 is 0 Å². The van der Waals surface area contributed by atoms with Gasteiger partial charge in [-0.1, -0.05) is 11.3 Å². The second kappa shape index (κ2) is 11.1. The van der Waals surface area contributed by atoms with Crippen LogP contribution in [0.2, 0.25) is 0 Å². The maximum Gasteiger partial charge on any atom is 0.338 e. The predicted octanol–water partition coefficient (Wildman–Crippen LogP) is 3.25. The Morgan fingerprint density at radius 3 is 2.57 bits per heavy atom. The lowest BCUT2D eigenvalue weighted by atomic mass is 9.95. The molecule has 196 valence electrons. The number of benzene rings is 1. The Bertz CT molecular complexity index is 1510. The molecule has 37 heavy (non-hydrogen) atoms. The highest BCUT2D eigenvalue weighted by molar-refractivity contribution is 7.07. The van der Waals surface area contributed by atoms with E-state index in [4.69, 9.17) is 18.6 Å². The van der Waals surface area contributed by atoms with Gasteiger partial charge in [-0.25, -0.2) is 9.79 Å². The number of carbonyl (C=O) groups is 1. The van der Waals surface area contributed by atoms with Crippen molar-refractivity contribution in [1.82, 2.24) is 4.57 Å². The molecule has 0 aliphatic carbocycles. The number of esters is 1. The van der Waals surface area contributed by atoms with Gasteiger partial charge in [0.25, 0.3) is 5.56 Å². The summed E-state index contributed by atoms with van der Waals surface area (Å²) in [5.41, 5.74) is 1.10. The molecule has 0 saturated carbocycles. The number of rotatable bonds is 9. The number of hydrogen-bond acceptors (Lipinski definition) is 9. The van der Waals surface area contributed by atoms with Crippen molar-refractivity contribution < 1.29 is 23.4 Å². The molecule has 1 aliphatic heterocycles. The molecule has 0 N–H and O–H groups in total. The third-order valence-electron chi connectivity index (χ3n) is 6.21. The number of fused-ring (bicyclic) bond motifs is 1. The van der Waals surface area contributed by atoms with E-state index in [9.17, 15) is 9.59 Å². The van der Waals surface area contributed by atoms with Crippen LogP contribution in [0.15, 0.2) is 55.8 Å². The lowest BCUT2D eigenvalue weighted by Crippen LogP contribution is -2.40. The fourth-order valence-corrected chi connectivity index (χ4v) is 5.41. The zero-order chi connectivity index (χ0) is 26.7. The van der Waals surface area contributed by atoms with Gasteiger partial charge < -0.3 is 23.5 Å². The van der Waals surface area contributed by atoms with Gasteiger partial charge in [0.15, 0.2) is 10.7 Å². The SMILES string of the molecule is CCOC(=O)C1=C(C)N=c2s/c(=C\c3ccc(N(CC)CC)o3)c(=O)n2C1c1ccc(OC)cc1OC. The number of hydrogen-bond donors (Lipinski definition) is 0. The first-order valence-corrected chi connectivity index (χ1v) is 12.9. The van der Waals surface area contributed by atoms with Crippen molar-refractivity contribution in [2.24, 2.45) is 4.99 Å². The van der Waals surface area contributed by atoms with E-state index in [1.165, 1.54) is 23.0 Å². The molecule has 1 atom stereocenters. The largest absolute Gasteiger partial charge is 0.497 e. The summed E-state index contributed by atoms with van der Waals surface area (Å²) in [5.74, 6) is 1.84. The molecule has 0 saturated heterocycles. The van der Waals surface area contributed by atoms with Gasteiger partial charge in [0.1, 0.15) is 23.3 Å². The van der Waals surface area contributed by atoms with Gasteiger partial charge in [0.05, 0.1) is 36.6 Å². The maximum absolute atomic E-state index is 13.8. The van der Waals surface area contributed by atoms with E-state index in [1.54, 1.807) is 45.2 Å². The highest BCUT2D eigenvalue weighted by atomic mass is 32.1. The van der Waals surface area contributed by atoms with E-state index in [0.29, 0.717) is 37.9 Å². The lowest BCUT2D eigenvalue weighted by Gasteiger charge is -2.26. The number of allylic oxidation sites excluding steroid dienone is 1. The smallest absolute Gasteiger partial charge is 0.338 e. The number of carbonyl (C=O) groups excluding carboxylic acids is 1. The minimum Gasteiger partial charge on any atom is -0.497 e. The van der Waals surface area contributed by atoms with Gasteiger partial charge in [-0.3, -0.25) is 9.36 Å². The molecule has 1 aromatic carbocycles. The number of thiazole rings is 1. The summed E-state index contributed by atoms with van der Waals surface area (Å²) < 4.78 is 24.3. The molecule has 3 heterocycles. The second-order valence-electron chi connectivity index (χ2n) is 8.26. The number of aromatic nitrogens is 1. The van der Waals surface area contributed by atoms with Crippen LogP contribution in [0.1, 0.15) is 45.1 Å². The third-order valence-corrected chi connectivity index (χ3v) is 7.20. The molecule has 0 radical (unpaired) electrons. The Morgan fingerprint density at radius 2 is 1.92 bits per heavy atom. The van der Waals surface area contributed by atoms with E-state index < -0.39 is 12.0 Å². The second-order valence-corrected chi connectivity index (χ2v) is 9.27. The molecule has 0 fully saturated rings. The van der Waals surface area contributed by atoms with Crippen LogP contribution in [0.4, 0.5) is 5.88 Å². The average molecular weight is 526 g/mol. The molecule has 10 heteroatoms. The van der Waals surface area contributed by atoms with Crippen LogP contribution in [0.25, 0.3) is 6.08 Å². The summed E-state index contributed by atoms with van der Waals surface area (Å²) in [4.78, 5) is 34.1. The summed E-state index contributed by atoms with van der Waals surface area (Å²) in [6.45, 7) is 9.41. The van der Waals surface area contributed by atoms with Gasteiger partial charge >= 0.3 is 5.97 Å². The molecule has 1 unspecified atom stereocenters. The molecule has 2 aromatic heterocycles. The van der Waals surface area contributed by atoms with Gasteiger partial charge in [0.2, 0.25) is 0 Å². The molecule has 0 bridgehead atoms. The molecule has 4 rings (SSSR count). The minimum atomic E-state index is -0.791. The Labute approximate surface area is 218 Å². The third kappa shape index (κ3) is 4.93. The van der Waals surface area contributed by atoms with Gasteiger partial charge in [-0.15, -0.1) is 0 Å². The van der Waals surface area contributed by atoms with Crippen molar-refractivity contribution in [2.45, 2.75) is 33.7 Å². The molecular weight excluding hydrogens is 494 g/mol. The molecule has 1 aliphatic rings. The molecule has 9 nitrogen and oxygen atoms in total. The lowest BCUT2D eigenvalue weighted by molar-refractivity contribution is -0.139. The van der Waals surface area contributed by atoms with Crippen LogP contribution in [-0.4, -0.2) is 44.5 Å². The standard InChI is InChI=1S/C27H31N3O6S/c1-7-29(8-2)22-13-11-18(36-22)15-21-25(31)30-24(19-12-10-17(33-5)14-20(19)34-6)23(26(32)35-9-3)16(4)28-27(30)37-21/h10-15,24H,7-9H2,1-6H3/b21-15-. The zero-order valence-corrected chi connectivity index (χ0v) is 22.7. The quantitative estimate of drug-likeness (QED) is 0.396. The summed E-state index contributed by atoms with van der Waals surface area (Å²) >= 11 is 1.24. The Kier molecular flexibility index (Phi) is 7.87. The Balaban J connectivity index is 1.92. The van der Waals surface area contributed by atoms with E-state index in [2.05, 4.69) is 23.7 Å². The van der Waals surface area contributed by atoms with Gasteiger partial charge in [-0.05, 0) is 45.9 Å². The summed E-state index contributed by atoms with van der Waals surface area (Å²) in [7, 11) is 3.10. The fraction of sp³-hybridized carbons (Fsp3) is 0.370. The first-order valence-electron chi connectivity index (χ1n) is 12.1. The highest BCUT2D eigenvalue weighted by Gasteiger charge is 2.35. The Morgan fingerprint density at radius 1 is 1.16 bits per heavy atom. The topological polar surface area (TPSA) is 95.5 Å². The van der Waals surface area contributed by atoms with E-state index in [1.807, 2.05) is 12.1 Å². The van der Waals surface area contributed by atoms with Crippen LogP contribution < -0.4 is 29.3 Å². The summed E-state index contributed by atoms with van der Waals surface area (Å²) in [6, 6.07) is 8.22. The number of furan rings is 1. The van der Waals surface area contributed by atoms with Crippen LogP contribution in [0.5, 0.6) is 11.5 Å². The van der Waals surface area contributed by atoms with Crippen molar-refractivity contribution in [3.05, 3.63) is 72.6 Å². The molecule has 3 aromatic rings. The monoisotopic (exact) mass is 525 g/mol. The van der Waals surface area contributed by atoms with Crippen LogP contribution >= 0.6 is 11.3 Å². The van der Waals surface area contributed by atoms with Crippen LogP contribution in [-0.2, 0) is 9.53 Å². The van der Waals surface area contributed by atoms with Gasteiger partial charge in [-0.2, -0.15) is 0 Å². The first kappa shape index (κ1) is 26.3. The van der Waals surface area contributed by atoms with Crippen molar-refractivity contribution >= 4 is 29.3 Å². The zero-order valence-electron chi connectivity index (χ0n) is 21.9.